The maximum atomic E-state index is 12.8. The van der Waals surface area contributed by atoms with E-state index in [1.165, 1.54) is 12.1 Å². The van der Waals surface area contributed by atoms with Gasteiger partial charge in [0.25, 0.3) is 0 Å². The third-order valence-corrected chi connectivity index (χ3v) is 3.34. The van der Waals surface area contributed by atoms with Crippen LogP contribution in [0.5, 0.6) is 0 Å². The van der Waals surface area contributed by atoms with Gasteiger partial charge in [0.05, 0.1) is 0 Å². The van der Waals surface area contributed by atoms with Gasteiger partial charge in [-0.05, 0) is 35.6 Å². The van der Waals surface area contributed by atoms with Crippen molar-refractivity contribution in [3.63, 3.8) is 0 Å². The van der Waals surface area contributed by atoms with Gasteiger partial charge in [-0.3, -0.25) is 0 Å². The van der Waals surface area contributed by atoms with E-state index in [-0.39, 0.29) is 11.0 Å². The summed E-state index contributed by atoms with van der Waals surface area (Å²) in [5.74, 6) is 0. The first-order valence-electron chi connectivity index (χ1n) is 5.46. The normalized spacial score (nSPS) is 16.5. The molecule has 1 unspecified atom stereocenters. The zero-order valence-corrected chi connectivity index (χ0v) is 12.3. The number of rotatable bonds is 1. The Morgan fingerprint density at radius 3 is 1.78 bits per heavy atom. The Labute approximate surface area is 113 Å². The van der Waals surface area contributed by atoms with Gasteiger partial charge >= 0.3 is 6.18 Å². The van der Waals surface area contributed by atoms with E-state index in [2.05, 4.69) is 15.9 Å². The average molecular weight is 325 g/mol. The highest BCUT2D eigenvalue weighted by molar-refractivity contribution is 9.10. The highest BCUT2D eigenvalue weighted by Gasteiger charge is 2.51. The molecule has 1 aromatic carbocycles. The lowest BCUT2D eigenvalue weighted by molar-refractivity contribution is -0.258. The summed E-state index contributed by atoms with van der Waals surface area (Å²) in [6.45, 7) is 6.48. The minimum absolute atomic E-state index is 0.158. The number of aliphatic hydroxyl groups is 1. The maximum Gasteiger partial charge on any atom is 0.421 e. The van der Waals surface area contributed by atoms with E-state index < -0.39 is 11.8 Å². The molecule has 0 aliphatic carbocycles. The zero-order valence-electron chi connectivity index (χ0n) is 10.7. The fourth-order valence-electron chi connectivity index (χ4n) is 1.47. The van der Waals surface area contributed by atoms with Crippen molar-refractivity contribution in [1.29, 1.82) is 0 Å². The molecule has 102 valence electrons. The van der Waals surface area contributed by atoms with E-state index in [4.69, 9.17) is 0 Å². The summed E-state index contributed by atoms with van der Waals surface area (Å²) in [5.41, 5.74) is -2.57. The molecule has 0 aromatic heterocycles. The molecule has 1 nitrogen and oxygen atoms in total. The SMILES string of the molecule is CC(C)(C)c1cc(Br)cc(C(C)(O)C(F)(F)F)c1. The summed E-state index contributed by atoms with van der Waals surface area (Å²) < 4.78 is 39.0. The van der Waals surface area contributed by atoms with Crippen LogP contribution in [0.25, 0.3) is 0 Å². The van der Waals surface area contributed by atoms with Crippen molar-refractivity contribution < 1.29 is 18.3 Å². The van der Waals surface area contributed by atoms with Gasteiger partial charge in [-0.1, -0.05) is 42.8 Å². The number of alkyl halides is 3. The number of hydrogen-bond donors (Lipinski definition) is 1. The number of hydrogen-bond acceptors (Lipinski definition) is 1. The first kappa shape index (κ1) is 15.5. The third-order valence-electron chi connectivity index (χ3n) is 2.88. The number of benzene rings is 1. The van der Waals surface area contributed by atoms with Crippen molar-refractivity contribution in [2.75, 3.05) is 0 Å². The molecular formula is C13H16BrF3O. The molecule has 1 atom stereocenters. The van der Waals surface area contributed by atoms with Crippen LogP contribution in [-0.4, -0.2) is 11.3 Å². The highest BCUT2D eigenvalue weighted by atomic mass is 79.9. The van der Waals surface area contributed by atoms with Crippen LogP contribution in [0.3, 0.4) is 0 Å². The molecule has 1 rings (SSSR count). The lowest BCUT2D eigenvalue weighted by Gasteiger charge is -2.29. The molecule has 0 saturated carbocycles. The lowest BCUT2D eigenvalue weighted by atomic mass is 9.83. The Morgan fingerprint density at radius 1 is 0.944 bits per heavy atom. The maximum absolute atomic E-state index is 12.8. The quantitative estimate of drug-likeness (QED) is 0.805. The van der Waals surface area contributed by atoms with Gasteiger partial charge in [-0.2, -0.15) is 13.2 Å². The molecule has 0 heterocycles. The molecule has 0 aliphatic rings. The van der Waals surface area contributed by atoms with Crippen LogP contribution in [-0.2, 0) is 11.0 Å². The van der Waals surface area contributed by atoms with Crippen molar-refractivity contribution in [3.05, 3.63) is 33.8 Å². The van der Waals surface area contributed by atoms with Crippen molar-refractivity contribution in [2.24, 2.45) is 0 Å². The third kappa shape index (κ3) is 3.06. The molecule has 0 fully saturated rings. The van der Waals surface area contributed by atoms with Gasteiger partial charge < -0.3 is 5.11 Å². The second kappa shape index (κ2) is 4.53. The molecule has 1 aromatic rings. The summed E-state index contributed by atoms with van der Waals surface area (Å²) in [6.07, 6.45) is -4.71. The second-order valence-corrected chi connectivity index (χ2v) is 6.46. The molecule has 0 radical (unpaired) electrons. The Morgan fingerprint density at radius 2 is 1.39 bits per heavy atom. The van der Waals surface area contributed by atoms with Crippen LogP contribution in [0.4, 0.5) is 13.2 Å². The van der Waals surface area contributed by atoms with Gasteiger partial charge in [-0.15, -0.1) is 0 Å². The van der Waals surface area contributed by atoms with E-state index in [9.17, 15) is 18.3 Å². The molecule has 0 amide bonds. The first-order chi connectivity index (χ1) is 7.85. The van der Waals surface area contributed by atoms with Crippen molar-refractivity contribution in [2.45, 2.75) is 44.9 Å². The Balaban J connectivity index is 3.40. The van der Waals surface area contributed by atoms with Gasteiger partial charge in [-0.25, -0.2) is 0 Å². The van der Waals surface area contributed by atoms with Gasteiger partial charge in [0.2, 0.25) is 0 Å². The molecule has 0 saturated heterocycles. The summed E-state index contributed by atoms with van der Waals surface area (Å²) in [4.78, 5) is 0. The van der Waals surface area contributed by atoms with Gasteiger partial charge in [0, 0.05) is 4.47 Å². The number of halogens is 4. The van der Waals surface area contributed by atoms with E-state index in [0.717, 1.165) is 12.5 Å². The molecule has 1 N–H and O–H groups in total. The predicted molar refractivity (Wildman–Crippen MR) is 68.5 cm³/mol. The summed E-state index contributed by atoms with van der Waals surface area (Å²) in [7, 11) is 0. The molecule has 5 heteroatoms. The molecule has 0 spiro atoms. The van der Waals surface area contributed by atoms with E-state index in [1.54, 1.807) is 6.07 Å². The monoisotopic (exact) mass is 324 g/mol. The second-order valence-electron chi connectivity index (χ2n) is 5.55. The fourth-order valence-corrected chi connectivity index (χ4v) is 1.96. The zero-order chi connectivity index (χ0) is 14.4. The Bertz CT molecular complexity index is 445. The Hall–Kier alpha value is -0.550. The van der Waals surface area contributed by atoms with Crippen molar-refractivity contribution in [3.8, 4) is 0 Å². The minimum atomic E-state index is -4.71. The summed E-state index contributed by atoms with van der Waals surface area (Å²) in [5, 5.41) is 9.69. The summed E-state index contributed by atoms with van der Waals surface area (Å²) >= 11 is 3.19. The van der Waals surface area contributed by atoms with Crippen LogP contribution in [0.2, 0.25) is 0 Å². The van der Waals surface area contributed by atoms with Crippen LogP contribution in [0.1, 0.15) is 38.8 Å². The van der Waals surface area contributed by atoms with Crippen molar-refractivity contribution >= 4 is 15.9 Å². The predicted octanol–water partition coefficient (Wildman–Crippen LogP) is 4.52. The smallest absolute Gasteiger partial charge is 0.376 e. The van der Waals surface area contributed by atoms with Gasteiger partial charge in [0.15, 0.2) is 5.60 Å². The van der Waals surface area contributed by atoms with Crippen molar-refractivity contribution in [1.82, 2.24) is 0 Å². The van der Waals surface area contributed by atoms with Crippen LogP contribution in [0.15, 0.2) is 22.7 Å². The molecule has 0 bridgehead atoms. The van der Waals surface area contributed by atoms with Gasteiger partial charge in [0.1, 0.15) is 0 Å². The minimum Gasteiger partial charge on any atom is -0.376 e. The van der Waals surface area contributed by atoms with E-state index >= 15 is 0 Å². The van der Waals surface area contributed by atoms with E-state index in [1.807, 2.05) is 20.8 Å². The molecule has 18 heavy (non-hydrogen) atoms. The average Bonchev–Trinajstić information content (AvgIpc) is 2.13. The fraction of sp³-hybridized carbons (Fsp3) is 0.538. The largest absolute Gasteiger partial charge is 0.421 e. The van der Waals surface area contributed by atoms with Crippen LogP contribution in [0, 0.1) is 0 Å². The lowest BCUT2D eigenvalue weighted by Crippen LogP contribution is -2.39. The standard InChI is InChI=1S/C13H16BrF3O/c1-11(2,3)8-5-9(7-10(14)6-8)12(4,18)13(15,16)17/h5-7,18H,1-4H3. The highest BCUT2D eigenvalue weighted by Crippen LogP contribution is 2.40. The molecular weight excluding hydrogens is 309 g/mol. The first-order valence-corrected chi connectivity index (χ1v) is 6.25. The van der Waals surface area contributed by atoms with Crippen LogP contribution >= 0.6 is 15.9 Å². The summed E-state index contributed by atoms with van der Waals surface area (Å²) in [6, 6.07) is 4.46. The van der Waals surface area contributed by atoms with E-state index in [0.29, 0.717) is 4.47 Å². The topological polar surface area (TPSA) is 20.2 Å². The van der Waals surface area contributed by atoms with Crippen LogP contribution < -0.4 is 0 Å². The Kier molecular flexibility index (Phi) is 3.90. The molecule has 0 aliphatic heterocycles.